The Kier molecular flexibility index (Phi) is 7.06. The van der Waals surface area contributed by atoms with E-state index in [1.54, 1.807) is 0 Å². The van der Waals surface area contributed by atoms with E-state index in [1.165, 1.54) is 38.5 Å². The summed E-state index contributed by atoms with van der Waals surface area (Å²) < 4.78 is 6.08. The summed E-state index contributed by atoms with van der Waals surface area (Å²) in [6.07, 6.45) is 8.70. The maximum absolute atomic E-state index is 6.08. The lowest BCUT2D eigenvalue weighted by atomic mass is 9.88. The highest BCUT2D eigenvalue weighted by Crippen LogP contribution is 2.26. The average molecular weight is 227 g/mol. The lowest BCUT2D eigenvalue weighted by molar-refractivity contribution is -0.0291. The van der Waals surface area contributed by atoms with Gasteiger partial charge >= 0.3 is 0 Å². The van der Waals surface area contributed by atoms with Gasteiger partial charge in [-0.15, -0.1) is 0 Å². The minimum absolute atomic E-state index is 0.368. The monoisotopic (exact) mass is 227 g/mol. The van der Waals surface area contributed by atoms with Crippen molar-refractivity contribution in [3.63, 3.8) is 0 Å². The van der Waals surface area contributed by atoms with Gasteiger partial charge < -0.3 is 10.1 Å². The molecular weight excluding hydrogens is 198 g/mol. The second-order valence-corrected chi connectivity index (χ2v) is 5.40. The molecule has 2 heteroatoms. The standard InChI is InChI=1S/C14H29NO/c1-4-5-9-15-11-13(3)16-14-8-6-7-12(2)10-14/h12-15H,4-11H2,1-3H3. The van der Waals surface area contributed by atoms with Gasteiger partial charge in [-0.25, -0.2) is 0 Å². The molecule has 1 rings (SSSR count). The van der Waals surface area contributed by atoms with Crippen LogP contribution in [-0.2, 0) is 4.74 Å². The van der Waals surface area contributed by atoms with E-state index >= 15 is 0 Å². The second kappa shape index (κ2) is 8.08. The van der Waals surface area contributed by atoms with E-state index < -0.39 is 0 Å². The zero-order valence-corrected chi connectivity index (χ0v) is 11.3. The molecule has 1 N–H and O–H groups in total. The van der Waals surface area contributed by atoms with Crippen molar-refractivity contribution >= 4 is 0 Å². The largest absolute Gasteiger partial charge is 0.374 e. The molecule has 1 aliphatic rings. The lowest BCUT2D eigenvalue weighted by Gasteiger charge is -2.29. The predicted octanol–water partition coefficient (Wildman–Crippen LogP) is 3.36. The van der Waals surface area contributed by atoms with E-state index in [9.17, 15) is 0 Å². The van der Waals surface area contributed by atoms with Crippen LogP contribution in [0.15, 0.2) is 0 Å². The maximum Gasteiger partial charge on any atom is 0.0675 e. The van der Waals surface area contributed by atoms with E-state index in [4.69, 9.17) is 4.74 Å². The molecule has 1 aliphatic carbocycles. The maximum atomic E-state index is 6.08. The van der Waals surface area contributed by atoms with Crippen molar-refractivity contribution < 1.29 is 4.74 Å². The van der Waals surface area contributed by atoms with E-state index in [0.29, 0.717) is 12.2 Å². The lowest BCUT2D eigenvalue weighted by Crippen LogP contribution is -2.32. The Hall–Kier alpha value is -0.0800. The molecule has 0 aromatic heterocycles. The summed E-state index contributed by atoms with van der Waals surface area (Å²) in [5.74, 6) is 0.860. The molecule has 3 atom stereocenters. The Balaban J connectivity index is 2.06. The highest BCUT2D eigenvalue weighted by Gasteiger charge is 2.20. The molecule has 0 radical (unpaired) electrons. The molecule has 2 nitrogen and oxygen atoms in total. The molecule has 1 saturated carbocycles. The summed E-state index contributed by atoms with van der Waals surface area (Å²) in [7, 11) is 0. The molecule has 0 aromatic rings. The molecule has 3 unspecified atom stereocenters. The SMILES string of the molecule is CCCCNCC(C)OC1CCCC(C)C1. The van der Waals surface area contributed by atoms with Crippen molar-refractivity contribution in [1.29, 1.82) is 0 Å². The molecule has 0 amide bonds. The zero-order chi connectivity index (χ0) is 11.8. The quantitative estimate of drug-likeness (QED) is 0.673. The first-order valence-corrected chi connectivity index (χ1v) is 7.08. The van der Waals surface area contributed by atoms with Crippen LogP contribution >= 0.6 is 0 Å². The molecule has 0 heterocycles. The summed E-state index contributed by atoms with van der Waals surface area (Å²) in [6, 6.07) is 0. The summed E-state index contributed by atoms with van der Waals surface area (Å²) in [5.41, 5.74) is 0. The second-order valence-electron chi connectivity index (χ2n) is 5.40. The summed E-state index contributed by atoms with van der Waals surface area (Å²) in [5, 5.41) is 3.46. The number of ether oxygens (including phenoxy) is 1. The smallest absolute Gasteiger partial charge is 0.0675 e. The Morgan fingerprint density at radius 1 is 1.38 bits per heavy atom. The van der Waals surface area contributed by atoms with E-state index in [0.717, 1.165) is 19.0 Å². The van der Waals surface area contributed by atoms with Gasteiger partial charge in [0, 0.05) is 6.54 Å². The summed E-state index contributed by atoms with van der Waals surface area (Å²) in [6.45, 7) is 8.90. The van der Waals surface area contributed by atoms with Crippen LogP contribution in [0.3, 0.4) is 0 Å². The van der Waals surface area contributed by atoms with Crippen molar-refractivity contribution in [3.8, 4) is 0 Å². The summed E-state index contributed by atoms with van der Waals surface area (Å²) >= 11 is 0. The average Bonchev–Trinajstić information content (AvgIpc) is 2.24. The zero-order valence-electron chi connectivity index (χ0n) is 11.3. The molecule has 0 saturated heterocycles. The molecular formula is C14H29NO. The van der Waals surface area contributed by atoms with Crippen LogP contribution in [0.5, 0.6) is 0 Å². The number of hydrogen-bond acceptors (Lipinski definition) is 2. The third-order valence-corrected chi connectivity index (χ3v) is 3.45. The Morgan fingerprint density at radius 2 is 2.19 bits per heavy atom. The van der Waals surface area contributed by atoms with Crippen molar-refractivity contribution in [2.45, 2.75) is 71.5 Å². The fraction of sp³-hybridized carbons (Fsp3) is 1.00. The van der Waals surface area contributed by atoms with Gasteiger partial charge in [0.1, 0.15) is 0 Å². The first-order chi connectivity index (χ1) is 7.72. The van der Waals surface area contributed by atoms with Crippen molar-refractivity contribution in [1.82, 2.24) is 5.32 Å². The van der Waals surface area contributed by atoms with Crippen molar-refractivity contribution in [3.05, 3.63) is 0 Å². The Morgan fingerprint density at radius 3 is 2.88 bits per heavy atom. The number of hydrogen-bond donors (Lipinski definition) is 1. The molecule has 0 spiro atoms. The van der Waals surface area contributed by atoms with E-state index in [1.807, 2.05) is 0 Å². The van der Waals surface area contributed by atoms with Gasteiger partial charge in [-0.2, -0.15) is 0 Å². The predicted molar refractivity (Wildman–Crippen MR) is 69.7 cm³/mol. The van der Waals surface area contributed by atoms with Crippen LogP contribution in [0.1, 0.15) is 59.3 Å². The highest BCUT2D eigenvalue weighted by atomic mass is 16.5. The third-order valence-electron chi connectivity index (χ3n) is 3.45. The van der Waals surface area contributed by atoms with Gasteiger partial charge in [0.2, 0.25) is 0 Å². The number of unbranched alkanes of at least 4 members (excludes halogenated alkanes) is 1. The fourth-order valence-corrected chi connectivity index (χ4v) is 2.49. The Bertz CT molecular complexity index is 172. The van der Waals surface area contributed by atoms with Gasteiger partial charge in [0.15, 0.2) is 0 Å². The van der Waals surface area contributed by atoms with Crippen LogP contribution < -0.4 is 5.32 Å². The van der Waals surface area contributed by atoms with E-state index in [-0.39, 0.29) is 0 Å². The minimum atomic E-state index is 0.368. The highest BCUT2D eigenvalue weighted by molar-refractivity contribution is 4.72. The summed E-state index contributed by atoms with van der Waals surface area (Å²) in [4.78, 5) is 0. The van der Waals surface area contributed by atoms with Gasteiger partial charge in [-0.05, 0) is 38.6 Å². The fourth-order valence-electron chi connectivity index (χ4n) is 2.49. The van der Waals surface area contributed by atoms with Crippen molar-refractivity contribution in [2.75, 3.05) is 13.1 Å². The molecule has 16 heavy (non-hydrogen) atoms. The third kappa shape index (κ3) is 5.86. The molecule has 0 aromatic carbocycles. The first-order valence-electron chi connectivity index (χ1n) is 7.08. The number of nitrogens with one attached hydrogen (secondary N) is 1. The van der Waals surface area contributed by atoms with Crippen molar-refractivity contribution in [2.24, 2.45) is 5.92 Å². The first kappa shape index (κ1) is 14.0. The van der Waals surface area contributed by atoms with Crippen LogP contribution in [-0.4, -0.2) is 25.3 Å². The molecule has 1 fully saturated rings. The number of rotatable bonds is 7. The molecule has 0 bridgehead atoms. The van der Waals surface area contributed by atoms with Crippen LogP contribution in [0, 0.1) is 5.92 Å². The van der Waals surface area contributed by atoms with Gasteiger partial charge in [0.25, 0.3) is 0 Å². The van der Waals surface area contributed by atoms with Crippen LogP contribution in [0.4, 0.5) is 0 Å². The normalized spacial score (nSPS) is 27.9. The van der Waals surface area contributed by atoms with Gasteiger partial charge in [-0.3, -0.25) is 0 Å². The molecule has 0 aliphatic heterocycles. The van der Waals surface area contributed by atoms with Gasteiger partial charge in [-0.1, -0.05) is 33.1 Å². The van der Waals surface area contributed by atoms with Gasteiger partial charge in [0.05, 0.1) is 12.2 Å². The topological polar surface area (TPSA) is 21.3 Å². The van der Waals surface area contributed by atoms with E-state index in [2.05, 4.69) is 26.1 Å². The van der Waals surface area contributed by atoms with Crippen LogP contribution in [0.25, 0.3) is 0 Å². The minimum Gasteiger partial charge on any atom is -0.374 e. The van der Waals surface area contributed by atoms with Crippen LogP contribution in [0.2, 0.25) is 0 Å². The Labute approximate surface area is 101 Å². The molecule has 96 valence electrons.